The number of nitrogens with zero attached hydrogens (tertiary/aromatic N) is 3. The number of benzene rings is 1. The summed E-state index contributed by atoms with van der Waals surface area (Å²) >= 11 is 0. The molecule has 0 amide bonds. The first-order chi connectivity index (χ1) is 9.67. The molecule has 0 spiro atoms. The summed E-state index contributed by atoms with van der Waals surface area (Å²) in [6.07, 6.45) is 1.49. The fraction of sp³-hybridized carbons (Fsp3) is 0. The van der Waals surface area contributed by atoms with Crippen LogP contribution >= 0.6 is 0 Å². The van der Waals surface area contributed by atoms with Crippen molar-refractivity contribution in [3.63, 3.8) is 0 Å². The zero-order chi connectivity index (χ0) is 14.1. The third kappa shape index (κ3) is 2.10. The lowest BCUT2D eigenvalue weighted by Gasteiger charge is -2.09. The third-order valence-corrected chi connectivity index (χ3v) is 2.62. The van der Waals surface area contributed by atoms with E-state index in [4.69, 9.17) is 5.84 Å². The lowest BCUT2D eigenvalue weighted by Crippen LogP contribution is -2.11. The van der Waals surface area contributed by atoms with E-state index in [9.17, 15) is 8.78 Å². The number of hydrogen-bond acceptors (Lipinski definition) is 6. The Balaban J connectivity index is 2.07. The fourth-order valence-electron chi connectivity index (χ4n) is 1.71. The van der Waals surface area contributed by atoms with Gasteiger partial charge in [-0.05, 0) is 12.1 Å². The van der Waals surface area contributed by atoms with Crippen LogP contribution in [-0.2, 0) is 0 Å². The molecular weight excluding hydrogens is 268 g/mol. The molecule has 0 bridgehead atoms. The highest BCUT2D eigenvalue weighted by molar-refractivity contribution is 5.89. The number of hydrogen-bond donors (Lipinski definition) is 4. The van der Waals surface area contributed by atoms with E-state index in [1.807, 2.05) is 0 Å². The van der Waals surface area contributed by atoms with Gasteiger partial charge in [0.05, 0.1) is 17.3 Å². The predicted molar refractivity (Wildman–Crippen MR) is 69.1 cm³/mol. The highest BCUT2D eigenvalue weighted by Crippen LogP contribution is 2.25. The summed E-state index contributed by atoms with van der Waals surface area (Å²) in [5, 5.41) is 9.78. The number of nitrogen functional groups attached to an aromatic ring is 1. The van der Waals surface area contributed by atoms with Crippen molar-refractivity contribution in [3.8, 4) is 0 Å². The molecule has 1 aromatic carbocycles. The van der Waals surface area contributed by atoms with E-state index in [1.165, 1.54) is 12.3 Å². The molecule has 0 aliphatic rings. The minimum absolute atomic E-state index is 0.0792. The second-order valence-electron chi connectivity index (χ2n) is 3.92. The molecule has 102 valence electrons. The molecule has 0 aliphatic carbocycles. The fourth-order valence-corrected chi connectivity index (χ4v) is 1.71. The summed E-state index contributed by atoms with van der Waals surface area (Å²) in [4.78, 5) is 8.11. The Kier molecular flexibility index (Phi) is 2.88. The molecule has 0 unspecified atom stereocenters. The lowest BCUT2D eigenvalue weighted by atomic mass is 10.3. The molecule has 2 aromatic heterocycles. The Morgan fingerprint density at radius 1 is 1.20 bits per heavy atom. The van der Waals surface area contributed by atoms with Crippen LogP contribution in [0.15, 0.2) is 24.4 Å². The Morgan fingerprint density at radius 3 is 2.80 bits per heavy atom. The zero-order valence-electron chi connectivity index (χ0n) is 9.98. The third-order valence-electron chi connectivity index (χ3n) is 2.62. The number of fused-ring (bicyclic) bond motifs is 1. The maximum absolute atomic E-state index is 13.6. The van der Waals surface area contributed by atoms with Gasteiger partial charge in [0.1, 0.15) is 17.5 Å². The molecule has 0 fully saturated rings. The number of H-pyrrole nitrogens is 1. The van der Waals surface area contributed by atoms with Gasteiger partial charge in [-0.1, -0.05) is 0 Å². The number of aromatic nitrogens is 4. The van der Waals surface area contributed by atoms with E-state index in [0.29, 0.717) is 16.9 Å². The van der Waals surface area contributed by atoms with Crippen LogP contribution < -0.4 is 16.6 Å². The Morgan fingerprint density at radius 2 is 2.05 bits per heavy atom. The molecule has 0 saturated carbocycles. The van der Waals surface area contributed by atoms with Crippen LogP contribution in [0.25, 0.3) is 11.0 Å². The highest BCUT2D eigenvalue weighted by Gasteiger charge is 2.11. The van der Waals surface area contributed by atoms with Gasteiger partial charge >= 0.3 is 0 Å². The maximum Gasteiger partial charge on any atom is 0.241 e. The predicted octanol–water partition coefficient (Wildman–Crippen LogP) is 1.66. The van der Waals surface area contributed by atoms with Crippen molar-refractivity contribution in [2.75, 3.05) is 10.7 Å². The summed E-state index contributed by atoms with van der Waals surface area (Å²) in [5.41, 5.74) is 2.80. The van der Waals surface area contributed by atoms with Crippen LogP contribution in [0.2, 0.25) is 0 Å². The van der Waals surface area contributed by atoms with Crippen molar-refractivity contribution < 1.29 is 8.78 Å². The van der Waals surface area contributed by atoms with E-state index in [-0.39, 0.29) is 11.6 Å². The minimum Gasteiger partial charge on any atom is -0.337 e. The van der Waals surface area contributed by atoms with Crippen LogP contribution in [0, 0.1) is 11.6 Å². The quantitative estimate of drug-likeness (QED) is 0.428. The van der Waals surface area contributed by atoms with Crippen molar-refractivity contribution in [2.45, 2.75) is 0 Å². The molecule has 0 saturated heterocycles. The van der Waals surface area contributed by atoms with Crippen LogP contribution in [0.1, 0.15) is 0 Å². The van der Waals surface area contributed by atoms with Crippen LogP contribution in [0.3, 0.4) is 0 Å². The average Bonchev–Trinajstić information content (AvgIpc) is 2.90. The van der Waals surface area contributed by atoms with Crippen molar-refractivity contribution in [3.05, 3.63) is 36.0 Å². The number of nitrogens with one attached hydrogen (secondary N) is 3. The molecular formula is C11H9F2N7. The van der Waals surface area contributed by atoms with Crippen molar-refractivity contribution in [2.24, 2.45) is 5.84 Å². The monoisotopic (exact) mass is 277 g/mol. The molecule has 20 heavy (non-hydrogen) atoms. The Bertz CT molecular complexity index is 771. The van der Waals surface area contributed by atoms with Crippen molar-refractivity contribution in [1.29, 1.82) is 0 Å². The van der Waals surface area contributed by atoms with Gasteiger partial charge in [0.25, 0.3) is 0 Å². The molecule has 3 rings (SSSR count). The standard InChI is InChI=1S/C11H9F2N7/c12-5-1-2-8(7(13)3-5)16-9-6-4-15-20-10(6)18-11(17-9)19-14/h1-4H,14H2,(H3,15,16,17,18,19,20). The van der Waals surface area contributed by atoms with Gasteiger partial charge in [0, 0.05) is 6.07 Å². The summed E-state index contributed by atoms with van der Waals surface area (Å²) in [6, 6.07) is 3.19. The topological polar surface area (TPSA) is 105 Å². The summed E-state index contributed by atoms with van der Waals surface area (Å²) in [5.74, 6) is 4.29. The number of nitrogens with two attached hydrogens (primary N) is 1. The molecule has 7 nitrogen and oxygen atoms in total. The molecule has 3 aromatic rings. The van der Waals surface area contributed by atoms with E-state index in [1.54, 1.807) is 0 Å². The number of aromatic amines is 1. The van der Waals surface area contributed by atoms with Crippen molar-refractivity contribution in [1.82, 2.24) is 20.2 Å². The molecule has 2 heterocycles. The summed E-state index contributed by atoms with van der Waals surface area (Å²) in [7, 11) is 0. The Hall–Kier alpha value is -2.81. The molecule has 0 radical (unpaired) electrons. The van der Waals surface area contributed by atoms with Crippen LogP contribution in [0.5, 0.6) is 0 Å². The molecule has 0 aliphatic heterocycles. The molecule has 9 heteroatoms. The van der Waals surface area contributed by atoms with Crippen LogP contribution in [0.4, 0.5) is 26.2 Å². The molecule has 0 atom stereocenters. The van der Waals surface area contributed by atoms with Gasteiger partial charge in [0.15, 0.2) is 5.65 Å². The minimum atomic E-state index is -0.734. The number of hydrazine groups is 1. The van der Waals surface area contributed by atoms with Gasteiger partial charge < -0.3 is 5.32 Å². The SMILES string of the molecule is NNc1nc(Nc2ccc(F)cc2F)c2cn[nH]c2n1. The number of anilines is 3. The highest BCUT2D eigenvalue weighted by atomic mass is 19.1. The first-order valence-corrected chi connectivity index (χ1v) is 5.57. The van der Waals surface area contributed by atoms with E-state index in [2.05, 4.69) is 30.9 Å². The lowest BCUT2D eigenvalue weighted by molar-refractivity contribution is 0.586. The van der Waals surface area contributed by atoms with Gasteiger partial charge in [-0.15, -0.1) is 0 Å². The zero-order valence-corrected chi connectivity index (χ0v) is 9.98. The largest absolute Gasteiger partial charge is 0.337 e. The average molecular weight is 277 g/mol. The maximum atomic E-state index is 13.6. The summed E-state index contributed by atoms with van der Waals surface area (Å²) in [6.45, 7) is 0. The molecule has 5 N–H and O–H groups in total. The Labute approximate surface area is 111 Å². The van der Waals surface area contributed by atoms with E-state index >= 15 is 0 Å². The summed E-state index contributed by atoms with van der Waals surface area (Å²) < 4.78 is 26.5. The van der Waals surface area contributed by atoms with E-state index < -0.39 is 11.6 Å². The second kappa shape index (κ2) is 4.70. The van der Waals surface area contributed by atoms with Gasteiger partial charge in [-0.3, -0.25) is 10.5 Å². The second-order valence-corrected chi connectivity index (χ2v) is 3.92. The first-order valence-electron chi connectivity index (χ1n) is 5.57. The number of rotatable bonds is 3. The first kappa shape index (κ1) is 12.2. The van der Waals surface area contributed by atoms with Gasteiger partial charge in [-0.25, -0.2) is 14.6 Å². The number of halogens is 2. The van der Waals surface area contributed by atoms with Gasteiger partial charge in [0.2, 0.25) is 5.95 Å². The smallest absolute Gasteiger partial charge is 0.241 e. The van der Waals surface area contributed by atoms with Gasteiger partial charge in [-0.2, -0.15) is 15.1 Å². The van der Waals surface area contributed by atoms with E-state index in [0.717, 1.165) is 12.1 Å². The van der Waals surface area contributed by atoms with Crippen molar-refractivity contribution >= 4 is 28.5 Å². The van der Waals surface area contributed by atoms with Crippen LogP contribution in [-0.4, -0.2) is 20.2 Å². The normalized spacial score (nSPS) is 10.8.